The average molecular weight is 453 g/mol. The minimum atomic E-state index is -2.97. The van der Waals surface area contributed by atoms with Gasteiger partial charge in [0.1, 0.15) is 9.84 Å². The van der Waals surface area contributed by atoms with Crippen molar-refractivity contribution in [3.8, 4) is 0 Å². The Kier molecular flexibility index (Phi) is 10.5. The molecule has 7 heteroatoms. The third kappa shape index (κ3) is 10.5. The number of aliphatic imine (C=N–C) groups is 1. The molecule has 132 valence electrons. The molecule has 0 unspecified atom stereocenters. The Bertz CT molecular complexity index is 596. The van der Waals surface area contributed by atoms with Crippen molar-refractivity contribution in [2.45, 2.75) is 27.2 Å². The van der Waals surface area contributed by atoms with E-state index in [1.54, 1.807) is 0 Å². The summed E-state index contributed by atoms with van der Waals surface area (Å²) in [4.78, 5) is 4.28. The van der Waals surface area contributed by atoms with E-state index in [-0.39, 0.29) is 36.3 Å². The second-order valence-electron chi connectivity index (χ2n) is 5.56. The second-order valence-corrected chi connectivity index (χ2v) is 7.82. The molecule has 0 atom stereocenters. The van der Waals surface area contributed by atoms with Crippen LogP contribution in [0.4, 0.5) is 0 Å². The van der Waals surface area contributed by atoms with Crippen molar-refractivity contribution in [1.82, 2.24) is 10.6 Å². The number of hydrogen-bond donors (Lipinski definition) is 2. The van der Waals surface area contributed by atoms with E-state index in [0.717, 1.165) is 19.5 Å². The van der Waals surface area contributed by atoms with Crippen molar-refractivity contribution in [3.05, 3.63) is 34.9 Å². The normalized spacial score (nSPS) is 11.7. The predicted octanol–water partition coefficient (Wildman–Crippen LogP) is 2.06. The molecule has 0 spiro atoms. The Morgan fingerprint density at radius 1 is 1.13 bits per heavy atom. The standard InChI is InChI=1S/C16H27N3O2S.HI/c1-5-17-16(19-8-9-22(4,20)21)18-7-6-15-11-13(2)10-14(3)12-15;/h10-12H,5-9H2,1-4H3,(H2,17,18,19);1H. The predicted molar refractivity (Wildman–Crippen MR) is 109 cm³/mol. The van der Waals surface area contributed by atoms with Gasteiger partial charge in [0.25, 0.3) is 0 Å². The molecular formula is C16H28IN3O2S. The Morgan fingerprint density at radius 2 is 1.74 bits per heavy atom. The van der Waals surface area contributed by atoms with Gasteiger partial charge in [-0.1, -0.05) is 29.3 Å². The highest BCUT2D eigenvalue weighted by Crippen LogP contribution is 2.08. The molecule has 0 amide bonds. The molecule has 0 radical (unpaired) electrons. The van der Waals surface area contributed by atoms with Crippen LogP contribution in [0.3, 0.4) is 0 Å². The first-order chi connectivity index (χ1) is 10.3. The van der Waals surface area contributed by atoms with Crippen molar-refractivity contribution in [2.24, 2.45) is 4.99 Å². The zero-order valence-electron chi connectivity index (χ0n) is 14.3. The van der Waals surface area contributed by atoms with E-state index in [4.69, 9.17) is 0 Å². The van der Waals surface area contributed by atoms with Crippen LogP contribution in [0.15, 0.2) is 23.2 Å². The van der Waals surface area contributed by atoms with E-state index in [1.165, 1.54) is 22.9 Å². The number of rotatable bonds is 7. The SMILES string of the molecule is CCNC(=NCCS(C)(=O)=O)NCCc1cc(C)cc(C)c1.I. The van der Waals surface area contributed by atoms with Gasteiger partial charge in [-0.3, -0.25) is 4.99 Å². The van der Waals surface area contributed by atoms with Crippen molar-refractivity contribution >= 4 is 39.8 Å². The van der Waals surface area contributed by atoms with Crippen LogP contribution in [0.5, 0.6) is 0 Å². The van der Waals surface area contributed by atoms with Gasteiger partial charge in [-0.05, 0) is 32.8 Å². The van der Waals surface area contributed by atoms with Crippen LogP contribution >= 0.6 is 24.0 Å². The summed E-state index contributed by atoms with van der Waals surface area (Å²) < 4.78 is 22.2. The molecule has 0 aliphatic carbocycles. The second kappa shape index (κ2) is 10.9. The summed E-state index contributed by atoms with van der Waals surface area (Å²) in [6, 6.07) is 6.53. The topological polar surface area (TPSA) is 70.6 Å². The van der Waals surface area contributed by atoms with Gasteiger partial charge in [-0.15, -0.1) is 24.0 Å². The number of halogens is 1. The maximum absolute atomic E-state index is 11.1. The molecule has 0 aromatic heterocycles. The van der Waals surface area contributed by atoms with E-state index in [2.05, 4.69) is 47.7 Å². The average Bonchev–Trinajstić information content (AvgIpc) is 2.36. The third-order valence-corrected chi connectivity index (χ3v) is 3.99. The lowest BCUT2D eigenvalue weighted by Gasteiger charge is -2.11. The van der Waals surface area contributed by atoms with Crippen molar-refractivity contribution in [3.63, 3.8) is 0 Å². The molecule has 0 fully saturated rings. The number of hydrogen-bond acceptors (Lipinski definition) is 3. The fourth-order valence-corrected chi connectivity index (χ4v) is 2.63. The summed E-state index contributed by atoms with van der Waals surface area (Å²) in [5.74, 6) is 0.733. The Balaban J connectivity index is 0.00000484. The fraction of sp³-hybridized carbons (Fsp3) is 0.562. The van der Waals surface area contributed by atoms with Crippen LogP contribution in [0.1, 0.15) is 23.6 Å². The third-order valence-electron chi connectivity index (χ3n) is 3.06. The van der Waals surface area contributed by atoms with E-state index >= 15 is 0 Å². The van der Waals surface area contributed by atoms with Crippen LogP contribution in [0.2, 0.25) is 0 Å². The first kappa shape index (κ1) is 22.2. The molecule has 0 saturated carbocycles. The van der Waals surface area contributed by atoms with Gasteiger partial charge in [0, 0.05) is 19.3 Å². The van der Waals surface area contributed by atoms with Crippen LogP contribution < -0.4 is 10.6 Å². The monoisotopic (exact) mass is 453 g/mol. The van der Waals surface area contributed by atoms with Crippen molar-refractivity contribution in [1.29, 1.82) is 0 Å². The fourth-order valence-electron chi connectivity index (χ4n) is 2.20. The number of nitrogens with one attached hydrogen (secondary N) is 2. The Hall–Kier alpha value is -0.830. The molecule has 0 heterocycles. The quantitative estimate of drug-likeness (QED) is 0.377. The first-order valence-corrected chi connectivity index (χ1v) is 9.63. The molecular weight excluding hydrogens is 425 g/mol. The minimum absolute atomic E-state index is 0. The van der Waals surface area contributed by atoms with Crippen LogP contribution in [0, 0.1) is 13.8 Å². The van der Waals surface area contributed by atoms with Gasteiger partial charge in [-0.25, -0.2) is 8.42 Å². The van der Waals surface area contributed by atoms with Gasteiger partial charge in [-0.2, -0.15) is 0 Å². The molecule has 1 rings (SSSR count). The largest absolute Gasteiger partial charge is 0.357 e. The van der Waals surface area contributed by atoms with E-state index < -0.39 is 9.84 Å². The summed E-state index contributed by atoms with van der Waals surface area (Å²) in [6.45, 7) is 7.96. The van der Waals surface area contributed by atoms with E-state index in [9.17, 15) is 8.42 Å². The highest BCUT2D eigenvalue weighted by molar-refractivity contribution is 14.0. The molecule has 5 nitrogen and oxygen atoms in total. The van der Waals surface area contributed by atoms with Crippen LogP contribution in [0.25, 0.3) is 0 Å². The minimum Gasteiger partial charge on any atom is -0.357 e. The maximum Gasteiger partial charge on any atom is 0.191 e. The Labute approximate surface area is 157 Å². The van der Waals surface area contributed by atoms with E-state index in [0.29, 0.717) is 5.96 Å². The summed E-state index contributed by atoms with van der Waals surface area (Å²) in [6.07, 6.45) is 2.13. The van der Waals surface area contributed by atoms with Crippen LogP contribution in [-0.2, 0) is 16.3 Å². The molecule has 0 aliphatic rings. The molecule has 23 heavy (non-hydrogen) atoms. The van der Waals surface area contributed by atoms with Gasteiger partial charge in [0.15, 0.2) is 5.96 Å². The van der Waals surface area contributed by atoms with Gasteiger partial charge < -0.3 is 10.6 Å². The molecule has 1 aromatic rings. The van der Waals surface area contributed by atoms with Crippen LogP contribution in [-0.4, -0.2) is 46.0 Å². The smallest absolute Gasteiger partial charge is 0.191 e. The number of sulfone groups is 1. The summed E-state index contributed by atoms with van der Waals surface area (Å²) in [5.41, 5.74) is 3.82. The lowest BCUT2D eigenvalue weighted by Crippen LogP contribution is -2.38. The number of aryl methyl sites for hydroxylation is 2. The van der Waals surface area contributed by atoms with Crippen molar-refractivity contribution in [2.75, 3.05) is 31.6 Å². The maximum atomic E-state index is 11.1. The summed E-state index contributed by atoms with van der Waals surface area (Å²) in [7, 11) is -2.97. The lowest BCUT2D eigenvalue weighted by molar-refractivity contribution is 0.601. The van der Waals surface area contributed by atoms with Gasteiger partial charge >= 0.3 is 0 Å². The number of guanidine groups is 1. The molecule has 2 N–H and O–H groups in total. The van der Waals surface area contributed by atoms with E-state index in [1.807, 2.05) is 6.92 Å². The van der Waals surface area contributed by atoms with Gasteiger partial charge in [0.05, 0.1) is 12.3 Å². The molecule has 0 saturated heterocycles. The lowest BCUT2D eigenvalue weighted by atomic mass is 10.1. The van der Waals surface area contributed by atoms with Gasteiger partial charge in [0.2, 0.25) is 0 Å². The summed E-state index contributed by atoms with van der Waals surface area (Å²) >= 11 is 0. The first-order valence-electron chi connectivity index (χ1n) is 7.57. The zero-order chi connectivity index (χ0) is 16.6. The molecule has 1 aromatic carbocycles. The molecule has 0 bridgehead atoms. The molecule has 0 aliphatic heterocycles. The number of nitrogens with zero attached hydrogens (tertiary/aromatic N) is 1. The summed E-state index contributed by atoms with van der Waals surface area (Å²) in [5, 5.41) is 6.36. The van der Waals surface area contributed by atoms with Crippen molar-refractivity contribution < 1.29 is 8.42 Å². The zero-order valence-corrected chi connectivity index (χ0v) is 17.5. The Morgan fingerprint density at radius 3 is 2.26 bits per heavy atom. The highest BCUT2D eigenvalue weighted by Gasteiger charge is 2.02. The number of benzene rings is 1. The highest BCUT2D eigenvalue weighted by atomic mass is 127.